The van der Waals surface area contributed by atoms with Gasteiger partial charge in [-0.2, -0.15) is 0 Å². The van der Waals surface area contributed by atoms with Crippen LogP contribution in [-0.4, -0.2) is 48.4 Å². The molecule has 8 nitrogen and oxygen atoms in total. The van der Waals surface area contributed by atoms with Gasteiger partial charge in [0.25, 0.3) is 0 Å². The van der Waals surface area contributed by atoms with Crippen LogP contribution >= 0.6 is 0 Å². The molecule has 0 bridgehead atoms. The highest BCUT2D eigenvalue weighted by Gasteiger charge is 2.37. The minimum absolute atomic E-state index is 0.112. The molecule has 1 aliphatic heterocycles. The van der Waals surface area contributed by atoms with Crippen LogP contribution in [0.3, 0.4) is 0 Å². The van der Waals surface area contributed by atoms with Gasteiger partial charge in [0.05, 0.1) is 38.0 Å². The van der Waals surface area contributed by atoms with E-state index in [1.165, 1.54) is 0 Å². The van der Waals surface area contributed by atoms with Crippen LogP contribution in [0.2, 0.25) is 18.1 Å². The summed E-state index contributed by atoms with van der Waals surface area (Å²) in [5.41, 5.74) is 3.22. The average molecular weight is 473 g/mol. The number of hydrogen-bond donors (Lipinski definition) is 2. The first-order chi connectivity index (χ1) is 15.5. The molecule has 0 saturated carbocycles. The molecule has 3 rings (SSSR count). The van der Waals surface area contributed by atoms with Gasteiger partial charge in [-0.25, -0.2) is 9.78 Å². The van der Waals surface area contributed by atoms with Crippen molar-refractivity contribution in [2.75, 3.05) is 18.5 Å². The van der Waals surface area contributed by atoms with Crippen LogP contribution in [0.5, 0.6) is 0 Å². The molecule has 0 fully saturated rings. The van der Waals surface area contributed by atoms with Gasteiger partial charge in [0.1, 0.15) is 17.6 Å². The van der Waals surface area contributed by atoms with E-state index in [0.29, 0.717) is 37.4 Å². The van der Waals surface area contributed by atoms with Crippen molar-refractivity contribution in [1.82, 2.24) is 9.55 Å². The van der Waals surface area contributed by atoms with Crippen LogP contribution in [0.4, 0.5) is 5.82 Å². The van der Waals surface area contributed by atoms with E-state index in [0.717, 1.165) is 16.9 Å². The highest BCUT2D eigenvalue weighted by Crippen LogP contribution is 2.37. The van der Waals surface area contributed by atoms with Crippen molar-refractivity contribution in [1.29, 1.82) is 0 Å². The molecule has 0 spiro atoms. The Hall–Kier alpha value is -2.49. The summed E-state index contributed by atoms with van der Waals surface area (Å²) < 4.78 is 13.6. The molecule has 0 saturated heterocycles. The monoisotopic (exact) mass is 472 g/mol. The van der Waals surface area contributed by atoms with Gasteiger partial charge in [0.2, 0.25) is 0 Å². The van der Waals surface area contributed by atoms with Crippen molar-refractivity contribution in [3.8, 4) is 0 Å². The number of hydrogen-bond acceptors (Lipinski definition) is 7. The lowest BCUT2D eigenvalue weighted by Crippen LogP contribution is -2.40. The number of aliphatic imine (C=N–C) groups is 1. The number of carbonyl (C=O) groups is 1. The van der Waals surface area contributed by atoms with E-state index in [4.69, 9.17) is 9.16 Å². The van der Waals surface area contributed by atoms with Crippen LogP contribution in [-0.2, 0) is 28.7 Å². The minimum atomic E-state index is -1.93. The Morgan fingerprint density at radius 2 is 2.06 bits per heavy atom. The van der Waals surface area contributed by atoms with E-state index in [-0.39, 0.29) is 17.6 Å². The maximum atomic E-state index is 12.3. The number of ether oxygens (including phenoxy) is 1. The Kier molecular flexibility index (Phi) is 7.76. The number of imidazole rings is 1. The lowest BCUT2D eigenvalue weighted by molar-refractivity contribution is 0.0526. The number of aliphatic hydroxyl groups excluding tert-OH is 1. The second-order valence-electron chi connectivity index (χ2n) is 9.83. The third-order valence-corrected chi connectivity index (χ3v) is 11.0. The number of aromatic nitrogens is 2. The van der Waals surface area contributed by atoms with E-state index in [1.54, 1.807) is 19.6 Å². The first-order valence-electron chi connectivity index (χ1n) is 11.4. The third kappa shape index (κ3) is 5.90. The van der Waals surface area contributed by atoms with Crippen LogP contribution < -0.4 is 5.32 Å². The van der Waals surface area contributed by atoms with E-state index in [2.05, 4.69) is 49.2 Å². The number of aliphatic hydroxyl groups is 1. The van der Waals surface area contributed by atoms with Crippen molar-refractivity contribution in [2.24, 2.45) is 4.99 Å². The first-order valence-corrected chi connectivity index (χ1v) is 14.3. The molecule has 0 radical (unpaired) electrons. The average Bonchev–Trinajstić information content (AvgIpc) is 3.06. The number of fused-ring (bicyclic) bond motifs is 1. The van der Waals surface area contributed by atoms with E-state index in [1.807, 2.05) is 22.8 Å². The zero-order valence-electron chi connectivity index (χ0n) is 20.5. The summed E-state index contributed by atoms with van der Waals surface area (Å²) in [6.45, 7) is 14.7. The molecule has 0 amide bonds. The number of nitrogens with one attached hydrogen (secondary N) is 1. The Bertz CT molecular complexity index is 1010. The lowest BCUT2D eigenvalue weighted by Gasteiger charge is -2.36. The van der Waals surface area contributed by atoms with Gasteiger partial charge in [-0.05, 0) is 54.7 Å². The maximum absolute atomic E-state index is 12.3. The lowest BCUT2D eigenvalue weighted by atomic mass is 10.0. The van der Waals surface area contributed by atoms with Gasteiger partial charge in [0.15, 0.2) is 8.32 Å². The molecular formula is C24H36N4O4Si. The zero-order chi connectivity index (χ0) is 24.2. The topological polar surface area (TPSA) is 98.0 Å². The third-order valence-electron chi connectivity index (χ3n) is 6.49. The maximum Gasteiger partial charge on any atom is 0.338 e. The summed E-state index contributed by atoms with van der Waals surface area (Å²) in [5.74, 6) is 0.414. The summed E-state index contributed by atoms with van der Waals surface area (Å²) in [4.78, 5) is 20.8. The fraction of sp³-hybridized carbons (Fsp3) is 0.542. The molecule has 33 heavy (non-hydrogen) atoms. The van der Waals surface area contributed by atoms with Gasteiger partial charge in [-0.3, -0.25) is 4.99 Å². The highest BCUT2D eigenvalue weighted by molar-refractivity contribution is 6.74. The van der Waals surface area contributed by atoms with Gasteiger partial charge >= 0.3 is 5.97 Å². The Morgan fingerprint density at radius 3 is 2.76 bits per heavy atom. The Balaban J connectivity index is 1.84. The standard InChI is InChI=1S/C24H36N4O4Si/c1-7-31-23(30)18-8-9-19(14-32-33(5,6)24(2,3)4)17(12-18)10-11-28-16-27-21-20(29)13-25-15-26-22(21)28/h8-9,12,15-16,20,29H,7,10-11,13-14H2,1-6H3,(H,25,26). The zero-order valence-corrected chi connectivity index (χ0v) is 21.5. The predicted octanol–water partition coefficient (Wildman–Crippen LogP) is 4.31. The number of rotatable bonds is 8. The summed E-state index contributed by atoms with van der Waals surface area (Å²) in [6.07, 6.45) is 3.25. The SMILES string of the molecule is CCOC(=O)c1ccc(CO[Si](C)(C)C(C)(C)C)c(CCn2cnc3c2NC=NCC3O)c1. The fourth-order valence-electron chi connectivity index (χ4n) is 3.37. The van der Waals surface area contributed by atoms with Crippen molar-refractivity contribution >= 4 is 26.4 Å². The van der Waals surface area contributed by atoms with Crippen molar-refractivity contribution < 1.29 is 19.1 Å². The number of benzene rings is 1. The molecule has 0 aliphatic carbocycles. The number of esters is 1. The van der Waals surface area contributed by atoms with E-state index in [9.17, 15) is 9.90 Å². The van der Waals surface area contributed by atoms with E-state index < -0.39 is 14.4 Å². The van der Waals surface area contributed by atoms with Crippen LogP contribution in [0.1, 0.15) is 61.0 Å². The number of aryl methyl sites for hydroxylation is 2. The molecule has 1 aliphatic rings. The second kappa shape index (κ2) is 10.2. The summed E-state index contributed by atoms with van der Waals surface area (Å²) in [6, 6.07) is 5.68. The first kappa shape index (κ1) is 25.1. The van der Waals surface area contributed by atoms with Crippen molar-refractivity contribution in [3.63, 3.8) is 0 Å². The predicted molar refractivity (Wildman–Crippen MR) is 132 cm³/mol. The fourth-order valence-corrected chi connectivity index (χ4v) is 4.32. The van der Waals surface area contributed by atoms with Gasteiger partial charge in [-0.15, -0.1) is 0 Å². The summed E-state index contributed by atoms with van der Waals surface area (Å²) >= 11 is 0. The highest BCUT2D eigenvalue weighted by atomic mass is 28.4. The Morgan fingerprint density at radius 1 is 1.30 bits per heavy atom. The normalized spacial score (nSPS) is 16.2. The molecule has 2 N–H and O–H groups in total. The number of nitrogens with zero attached hydrogens (tertiary/aromatic N) is 3. The molecule has 1 aromatic heterocycles. The van der Waals surface area contributed by atoms with Crippen LogP contribution in [0, 0.1) is 0 Å². The van der Waals surface area contributed by atoms with Gasteiger partial charge in [-0.1, -0.05) is 26.8 Å². The molecule has 2 heterocycles. The number of carbonyl (C=O) groups excluding carboxylic acids is 1. The van der Waals surface area contributed by atoms with Crippen LogP contribution in [0.25, 0.3) is 0 Å². The quantitative estimate of drug-likeness (QED) is 0.439. The van der Waals surface area contributed by atoms with Gasteiger partial charge < -0.3 is 24.2 Å². The van der Waals surface area contributed by atoms with Crippen molar-refractivity contribution in [3.05, 3.63) is 46.9 Å². The molecule has 1 aromatic carbocycles. The summed E-state index contributed by atoms with van der Waals surface area (Å²) in [5, 5.41) is 13.5. The number of anilines is 1. The molecule has 180 valence electrons. The minimum Gasteiger partial charge on any atom is -0.462 e. The van der Waals surface area contributed by atoms with E-state index >= 15 is 0 Å². The van der Waals surface area contributed by atoms with Crippen LogP contribution in [0.15, 0.2) is 29.5 Å². The second-order valence-corrected chi connectivity index (χ2v) is 14.6. The summed E-state index contributed by atoms with van der Waals surface area (Å²) in [7, 11) is -1.93. The molecule has 1 atom stereocenters. The Labute approximate surface area is 197 Å². The van der Waals surface area contributed by atoms with Crippen molar-refractivity contribution in [2.45, 2.75) is 71.5 Å². The molecule has 2 aromatic rings. The smallest absolute Gasteiger partial charge is 0.338 e. The molecular weight excluding hydrogens is 436 g/mol. The molecule has 9 heteroatoms. The molecule has 1 unspecified atom stereocenters. The van der Waals surface area contributed by atoms with Gasteiger partial charge in [0, 0.05) is 6.54 Å². The largest absolute Gasteiger partial charge is 0.462 e.